The summed E-state index contributed by atoms with van der Waals surface area (Å²) in [5, 5.41) is 17.3. The van der Waals surface area contributed by atoms with E-state index in [2.05, 4.69) is 21.3 Å². The van der Waals surface area contributed by atoms with Crippen LogP contribution < -0.4 is 4.74 Å². The maximum absolute atomic E-state index is 9.66. The molecule has 2 aromatic heterocycles. The predicted octanol–water partition coefficient (Wildman–Crippen LogP) is 3.74. The zero-order valence-electron chi connectivity index (χ0n) is 18.0. The third-order valence-electron chi connectivity index (χ3n) is 5.58. The first kappa shape index (κ1) is 20.8. The van der Waals surface area contributed by atoms with E-state index in [0.29, 0.717) is 36.8 Å². The third-order valence-corrected chi connectivity index (χ3v) is 5.58. The van der Waals surface area contributed by atoms with Gasteiger partial charge in [-0.05, 0) is 42.0 Å². The summed E-state index contributed by atoms with van der Waals surface area (Å²) >= 11 is 0. The molecule has 8 heteroatoms. The summed E-state index contributed by atoms with van der Waals surface area (Å²) in [7, 11) is 0. The van der Waals surface area contributed by atoms with Crippen molar-refractivity contribution in [3.8, 4) is 28.8 Å². The minimum Gasteiger partial charge on any atom is -0.489 e. The molecule has 0 atom stereocenters. The van der Waals surface area contributed by atoms with Gasteiger partial charge in [0.15, 0.2) is 0 Å². The topological polar surface area (TPSA) is 98.7 Å². The van der Waals surface area contributed by atoms with Crippen LogP contribution in [0.4, 0.5) is 0 Å². The van der Waals surface area contributed by atoms with Crippen molar-refractivity contribution in [3.63, 3.8) is 0 Å². The van der Waals surface area contributed by atoms with Crippen molar-refractivity contribution in [2.24, 2.45) is 0 Å². The lowest BCUT2D eigenvalue weighted by Gasteiger charge is -2.23. The van der Waals surface area contributed by atoms with Gasteiger partial charge in [-0.25, -0.2) is 9.97 Å². The van der Waals surface area contributed by atoms with E-state index in [9.17, 15) is 5.26 Å². The van der Waals surface area contributed by atoms with Crippen molar-refractivity contribution in [2.45, 2.75) is 25.4 Å². The van der Waals surface area contributed by atoms with Gasteiger partial charge < -0.3 is 9.47 Å². The minimum absolute atomic E-state index is 0.0822. The average molecular weight is 438 g/mol. The van der Waals surface area contributed by atoms with Crippen LogP contribution in [0.5, 0.6) is 5.75 Å². The summed E-state index contributed by atoms with van der Waals surface area (Å²) in [5.74, 6) is 1.32. The number of benzene rings is 2. The summed E-state index contributed by atoms with van der Waals surface area (Å²) in [6.07, 6.45) is 7.44. The number of hydrogen-bond donors (Lipinski definition) is 0. The van der Waals surface area contributed by atoms with Crippen molar-refractivity contribution >= 4 is 0 Å². The Bertz CT molecular complexity index is 1260. The highest BCUT2D eigenvalue weighted by Gasteiger charge is 2.17. The predicted molar refractivity (Wildman–Crippen MR) is 121 cm³/mol. The Kier molecular flexibility index (Phi) is 6.04. The fraction of sp³-hybridized carbons (Fsp3) is 0.240. The van der Waals surface area contributed by atoms with Crippen LogP contribution in [0.3, 0.4) is 0 Å². The van der Waals surface area contributed by atoms with Crippen LogP contribution in [0.15, 0.2) is 67.4 Å². The van der Waals surface area contributed by atoms with E-state index in [1.165, 1.54) is 0 Å². The summed E-state index contributed by atoms with van der Waals surface area (Å²) in [6.45, 7) is 1.38. The Morgan fingerprint density at radius 3 is 2.58 bits per heavy atom. The molecular weight excluding hydrogens is 416 g/mol. The first-order chi connectivity index (χ1) is 16.3. The molecule has 4 aromatic rings. The van der Waals surface area contributed by atoms with Crippen molar-refractivity contribution in [2.75, 3.05) is 13.2 Å². The molecule has 8 nitrogen and oxygen atoms in total. The van der Waals surface area contributed by atoms with E-state index >= 15 is 0 Å². The van der Waals surface area contributed by atoms with Crippen molar-refractivity contribution in [3.05, 3.63) is 84.3 Å². The van der Waals surface area contributed by atoms with Gasteiger partial charge in [0.2, 0.25) is 0 Å². The van der Waals surface area contributed by atoms with Crippen LogP contribution in [-0.4, -0.2) is 44.1 Å². The highest BCUT2D eigenvalue weighted by atomic mass is 16.5. The summed E-state index contributed by atoms with van der Waals surface area (Å²) in [5.41, 5.74) is 4.23. The summed E-state index contributed by atoms with van der Waals surface area (Å²) in [4.78, 5) is 9.16. The molecule has 1 saturated heterocycles. The number of nitrogens with zero attached hydrogens (tertiary/aromatic N) is 6. The molecule has 0 spiro atoms. The smallest absolute Gasteiger partial charge is 0.137 e. The molecule has 0 aliphatic carbocycles. The fourth-order valence-electron chi connectivity index (χ4n) is 3.80. The zero-order chi connectivity index (χ0) is 22.5. The normalized spacial score (nSPS) is 14.0. The van der Waals surface area contributed by atoms with Crippen LogP contribution in [0.2, 0.25) is 0 Å². The van der Waals surface area contributed by atoms with Gasteiger partial charge in [0.1, 0.15) is 36.4 Å². The molecule has 0 bridgehead atoms. The zero-order valence-corrected chi connectivity index (χ0v) is 18.0. The van der Waals surface area contributed by atoms with Gasteiger partial charge >= 0.3 is 0 Å². The van der Waals surface area contributed by atoms with E-state index in [1.54, 1.807) is 18.9 Å². The van der Waals surface area contributed by atoms with Gasteiger partial charge in [0, 0.05) is 36.7 Å². The standard InChI is InChI=1S/C25H22N6O2/c26-15-20-14-19(3-6-24(20)33-22-8-11-32-12-9-22)23-7-10-27-25(30-23)13-18-1-4-21(5-2-18)31-16-28-29-17-31/h1-7,10,14,16-17,22H,8-9,11-13H2. The molecule has 3 heterocycles. The number of ether oxygens (including phenoxy) is 2. The van der Waals surface area contributed by atoms with Gasteiger partial charge in [-0.3, -0.25) is 4.57 Å². The number of hydrogen-bond acceptors (Lipinski definition) is 7. The Hall–Kier alpha value is -4.09. The highest BCUT2D eigenvalue weighted by Crippen LogP contribution is 2.27. The van der Waals surface area contributed by atoms with Crippen molar-refractivity contribution in [1.82, 2.24) is 24.7 Å². The molecule has 0 saturated carbocycles. The maximum Gasteiger partial charge on any atom is 0.137 e. The lowest BCUT2D eigenvalue weighted by Crippen LogP contribution is -2.26. The minimum atomic E-state index is 0.0822. The molecule has 33 heavy (non-hydrogen) atoms. The second-order valence-electron chi connectivity index (χ2n) is 7.82. The molecule has 1 fully saturated rings. The second-order valence-corrected chi connectivity index (χ2v) is 7.82. The summed E-state index contributed by atoms with van der Waals surface area (Å²) < 4.78 is 13.3. The SMILES string of the molecule is N#Cc1cc(-c2ccnc(Cc3ccc(-n4cnnc4)cc3)n2)ccc1OC1CCOCC1. The molecule has 0 unspecified atom stereocenters. The Labute approximate surface area is 191 Å². The van der Waals surface area contributed by atoms with Gasteiger partial charge in [-0.15, -0.1) is 10.2 Å². The lowest BCUT2D eigenvalue weighted by molar-refractivity contribution is 0.0254. The van der Waals surface area contributed by atoms with Gasteiger partial charge in [0.25, 0.3) is 0 Å². The molecule has 164 valence electrons. The first-order valence-electron chi connectivity index (χ1n) is 10.8. The lowest BCUT2D eigenvalue weighted by atomic mass is 10.1. The average Bonchev–Trinajstić information content (AvgIpc) is 3.41. The molecule has 1 aliphatic heterocycles. The Balaban J connectivity index is 1.32. The Morgan fingerprint density at radius 2 is 1.82 bits per heavy atom. The molecule has 0 radical (unpaired) electrons. The van der Waals surface area contributed by atoms with E-state index < -0.39 is 0 Å². The maximum atomic E-state index is 9.66. The number of aromatic nitrogens is 5. The molecular formula is C25H22N6O2. The van der Waals surface area contributed by atoms with Crippen LogP contribution in [0.25, 0.3) is 16.9 Å². The first-order valence-corrected chi connectivity index (χ1v) is 10.8. The van der Waals surface area contributed by atoms with E-state index in [-0.39, 0.29) is 6.10 Å². The molecule has 5 rings (SSSR count). The summed E-state index contributed by atoms with van der Waals surface area (Å²) in [6, 6.07) is 17.8. The molecule has 1 aliphatic rings. The second kappa shape index (κ2) is 9.59. The Morgan fingerprint density at radius 1 is 1.03 bits per heavy atom. The molecule has 0 N–H and O–H groups in total. The third kappa shape index (κ3) is 4.89. The van der Waals surface area contributed by atoms with Gasteiger partial charge in [-0.2, -0.15) is 5.26 Å². The van der Waals surface area contributed by atoms with Gasteiger partial charge in [-0.1, -0.05) is 12.1 Å². The van der Waals surface area contributed by atoms with Gasteiger partial charge in [0.05, 0.1) is 24.5 Å². The van der Waals surface area contributed by atoms with Crippen molar-refractivity contribution < 1.29 is 9.47 Å². The number of rotatable bonds is 6. The van der Waals surface area contributed by atoms with Crippen LogP contribution in [0, 0.1) is 11.3 Å². The monoisotopic (exact) mass is 438 g/mol. The van der Waals surface area contributed by atoms with E-state index in [1.807, 2.05) is 53.1 Å². The van der Waals surface area contributed by atoms with E-state index in [0.717, 1.165) is 35.3 Å². The molecule has 0 amide bonds. The number of nitriles is 1. The molecule has 2 aromatic carbocycles. The highest BCUT2D eigenvalue weighted by molar-refractivity contribution is 5.64. The fourth-order valence-corrected chi connectivity index (χ4v) is 3.80. The van der Waals surface area contributed by atoms with Crippen LogP contribution in [0.1, 0.15) is 29.8 Å². The van der Waals surface area contributed by atoms with E-state index in [4.69, 9.17) is 14.5 Å². The quantitative estimate of drug-likeness (QED) is 0.452. The van der Waals surface area contributed by atoms with Crippen molar-refractivity contribution in [1.29, 1.82) is 5.26 Å². The van der Waals surface area contributed by atoms with Crippen LogP contribution >= 0.6 is 0 Å². The largest absolute Gasteiger partial charge is 0.489 e. The van der Waals surface area contributed by atoms with Crippen LogP contribution in [-0.2, 0) is 11.2 Å².